The van der Waals surface area contributed by atoms with E-state index in [1.165, 1.54) is 0 Å². The summed E-state index contributed by atoms with van der Waals surface area (Å²) in [7, 11) is 3.17. The molecule has 3 rings (SSSR count). The Hall–Kier alpha value is -2.01. The summed E-state index contributed by atoms with van der Waals surface area (Å²) in [4.78, 5) is 15.5. The molecule has 2 aliphatic rings. The second-order valence-electron chi connectivity index (χ2n) is 5.76. The van der Waals surface area contributed by atoms with Gasteiger partial charge >= 0.3 is 5.71 Å². The summed E-state index contributed by atoms with van der Waals surface area (Å²) >= 11 is 0. The molecular formula is C16H18N2O4. The Kier molecular flexibility index (Phi) is 3.83. The van der Waals surface area contributed by atoms with Crippen molar-refractivity contribution < 1.29 is 23.8 Å². The minimum atomic E-state index is -0.685. The maximum atomic E-state index is 12.3. The quantitative estimate of drug-likeness (QED) is 0.482. The fourth-order valence-electron chi connectivity index (χ4n) is 3.55. The van der Waals surface area contributed by atoms with E-state index in [-0.39, 0.29) is 30.6 Å². The van der Waals surface area contributed by atoms with Crippen molar-refractivity contribution >= 4 is 11.5 Å². The molecule has 116 valence electrons. The monoisotopic (exact) mass is 302 g/mol. The number of rotatable bonds is 4. The molecule has 0 radical (unpaired) electrons. The predicted molar refractivity (Wildman–Crippen MR) is 77.7 cm³/mol. The van der Waals surface area contributed by atoms with Crippen LogP contribution in [0.4, 0.5) is 0 Å². The first-order valence-corrected chi connectivity index (χ1v) is 7.19. The molecule has 0 aromatic heterocycles. The van der Waals surface area contributed by atoms with Crippen molar-refractivity contribution in [2.45, 2.75) is 24.9 Å². The smallest absolute Gasteiger partial charge is 0.337 e. The molecule has 1 aromatic carbocycles. The van der Waals surface area contributed by atoms with Crippen LogP contribution in [-0.2, 0) is 26.3 Å². The van der Waals surface area contributed by atoms with Crippen LogP contribution in [0.3, 0.4) is 0 Å². The van der Waals surface area contributed by atoms with E-state index in [1.54, 1.807) is 14.2 Å². The van der Waals surface area contributed by atoms with Crippen molar-refractivity contribution in [1.82, 2.24) is 0 Å². The van der Waals surface area contributed by atoms with Crippen LogP contribution in [0.5, 0.6) is 5.75 Å². The molecule has 6 heteroatoms. The minimum Gasteiger partial charge on any atom is -0.497 e. The SMILES string of the molecule is COCO[C@@]12CC(=[N+]=[N-])C(=O)[C@@H](Cc3cc(OC)ccc31)C2. The van der Waals surface area contributed by atoms with Crippen molar-refractivity contribution in [2.24, 2.45) is 5.92 Å². The molecule has 1 fully saturated rings. The second-order valence-corrected chi connectivity index (χ2v) is 5.76. The lowest BCUT2D eigenvalue weighted by molar-refractivity contribution is -0.162. The lowest BCUT2D eigenvalue weighted by atomic mass is 9.65. The molecule has 0 aliphatic heterocycles. The fraction of sp³-hybridized carbons (Fsp3) is 0.500. The molecule has 0 heterocycles. The summed E-state index contributed by atoms with van der Waals surface area (Å²) < 4.78 is 16.3. The number of carbonyl (C=O) groups excluding carboxylic acids is 1. The van der Waals surface area contributed by atoms with Gasteiger partial charge in [0.1, 0.15) is 18.1 Å². The zero-order valence-electron chi connectivity index (χ0n) is 12.7. The Balaban J connectivity index is 2.11. The number of ketones is 1. The third-order valence-electron chi connectivity index (χ3n) is 4.53. The Morgan fingerprint density at radius 1 is 1.41 bits per heavy atom. The van der Waals surface area contributed by atoms with Crippen molar-refractivity contribution in [3.8, 4) is 5.75 Å². The first-order valence-electron chi connectivity index (χ1n) is 7.19. The lowest BCUT2D eigenvalue weighted by Gasteiger charge is -2.43. The average Bonchev–Trinajstić information content (AvgIpc) is 2.55. The second kappa shape index (κ2) is 5.65. The van der Waals surface area contributed by atoms with Gasteiger partial charge in [0.15, 0.2) is 0 Å². The van der Waals surface area contributed by atoms with Gasteiger partial charge in [0, 0.05) is 13.0 Å². The van der Waals surface area contributed by atoms with Gasteiger partial charge in [-0.15, -0.1) is 0 Å². The van der Waals surface area contributed by atoms with Crippen LogP contribution in [0.1, 0.15) is 24.0 Å². The molecular weight excluding hydrogens is 284 g/mol. The van der Waals surface area contributed by atoms with Gasteiger partial charge < -0.3 is 19.7 Å². The first kappa shape index (κ1) is 14.9. The molecule has 1 saturated carbocycles. The van der Waals surface area contributed by atoms with Gasteiger partial charge in [-0.2, -0.15) is 4.79 Å². The molecule has 2 aliphatic carbocycles. The third kappa shape index (κ3) is 2.25. The molecule has 0 saturated heterocycles. The largest absolute Gasteiger partial charge is 0.497 e. The fourth-order valence-corrected chi connectivity index (χ4v) is 3.55. The first-order chi connectivity index (χ1) is 10.6. The van der Waals surface area contributed by atoms with Crippen LogP contribution >= 0.6 is 0 Å². The summed E-state index contributed by atoms with van der Waals surface area (Å²) in [6, 6.07) is 5.79. The maximum Gasteiger partial charge on any atom is 0.337 e. The van der Waals surface area contributed by atoms with Crippen LogP contribution in [0, 0.1) is 5.92 Å². The van der Waals surface area contributed by atoms with Crippen LogP contribution in [0.25, 0.3) is 5.53 Å². The molecule has 2 bridgehead atoms. The van der Waals surface area contributed by atoms with E-state index < -0.39 is 5.60 Å². The zero-order valence-corrected chi connectivity index (χ0v) is 12.7. The molecule has 0 spiro atoms. The number of nitrogens with zero attached hydrogens (tertiary/aromatic N) is 2. The van der Waals surface area contributed by atoms with Gasteiger partial charge in [0.05, 0.1) is 13.5 Å². The van der Waals surface area contributed by atoms with E-state index in [1.807, 2.05) is 18.2 Å². The van der Waals surface area contributed by atoms with Gasteiger partial charge in [0.2, 0.25) is 5.78 Å². The summed E-state index contributed by atoms with van der Waals surface area (Å²) in [6.07, 6.45) is 1.43. The van der Waals surface area contributed by atoms with E-state index in [0.717, 1.165) is 16.9 Å². The van der Waals surface area contributed by atoms with E-state index in [4.69, 9.17) is 19.7 Å². The number of methoxy groups -OCH3 is 2. The van der Waals surface area contributed by atoms with Gasteiger partial charge in [-0.3, -0.25) is 4.79 Å². The number of carbonyl (C=O) groups is 1. The summed E-state index contributed by atoms with van der Waals surface area (Å²) in [5.41, 5.74) is 10.7. The highest BCUT2D eigenvalue weighted by Crippen LogP contribution is 2.47. The number of fused-ring (bicyclic) bond motifs is 4. The highest BCUT2D eigenvalue weighted by Gasteiger charge is 2.53. The standard InChI is InChI=1S/C16H18N2O4/c1-20-9-22-16-7-11(15(19)14(8-16)18-17)5-10-6-12(21-2)3-4-13(10)16/h3-4,6,11H,5,7-9H2,1-2H3/t11-,16-/m0/s1. The third-order valence-corrected chi connectivity index (χ3v) is 4.53. The van der Waals surface area contributed by atoms with Gasteiger partial charge in [-0.1, -0.05) is 6.07 Å². The number of ether oxygens (including phenoxy) is 3. The van der Waals surface area contributed by atoms with Crippen LogP contribution in [0.2, 0.25) is 0 Å². The van der Waals surface area contributed by atoms with Crippen molar-refractivity contribution in [2.75, 3.05) is 21.0 Å². The number of Topliss-reactive ketones (excluding diaryl/α,β-unsaturated/α-hetero) is 1. The van der Waals surface area contributed by atoms with Gasteiger partial charge in [-0.25, -0.2) is 0 Å². The van der Waals surface area contributed by atoms with Gasteiger partial charge in [-0.05, 0) is 36.1 Å². The normalized spacial score (nSPS) is 26.4. The van der Waals surface area contributed by atoms with E-state index in [0.29, 0.717) is 12.8 Å². The maximum absolute atomic E-state index is 12.3. The molecule has 0 N–H and O–H groups in total. The Morgan fingerprint density at radius 3 is 2.91 bits per heavy atom. The predicted octanol–water partition coefficient (Wildman–Crippen LogP) is 1.72. The summed E-state index contributed by atoms with van der Waals surface area (Å²) in [5, 5.41) is 0. The minimum absolute atomic E-state index is 0.104. The molecule has 2 atom stereocenters. The Bertz CT molecular complexity index is 666. The highest BCUT2D eigenvalue weighted by molar-refractivity contribution is 6.39. The molecule has 6 nitrogen and oxygen atoms in total. The molecule has 22 heavy (non-hydrogen) atoms. The number of benzene rings is 1. The summed E-state index contributed by atoms with van der Waals surface area (Å²) in [6.45, 7) is 0.116. The lowest BCUT2D eigenvalue weighted by Crippen LogP contribution is -2.49. The van der Waals surface area contributed by atoms with Crippen LogP contribution in [0.15, 0.2) is 18.2 Å². The number of hydrogen-bond donors (Lipinski definition) is 0. The van der Waals surface area contributed by atoms with Gasteiger partial charge in [0.25, 0.3) is 0 Å². The van der Waals surface area contributed by atoms with E-state index in [2.05, 4.69) is 4.79 Å². The number of hydrogen-bond acceptors (Lipinski definition) is 4. The Morgan fingerprint density at radius 2 is 2.23 bits per heavy atom. The average molecular weight is 302 g/mol. The van der Waals surface area contributed by atoms with E-state index in [9.17, 15) is 4.79 Å². The molecule has 0 unspecified atom stereocenters. The molecule has 1 aromatic rings. The topological polar surface area (TPSA) is 81.2 Å². The van der Waals surface area contributed by atoms with Crippen molar-refractivity contribution in [3.63, 3.8) is 0 Å². The van der Waals surface area contributed by atoms with Crippen molar-refractivity contribution in [1.29, 1.82) is 0 Å². The zero-order chi connectivity index (χ0) is 15.7. The van der Waals surface area contributed by atoms with Crippen LogP contribution in [-0.4, -0.2) is 37.3 Å². The Labute approximate surface area is 128 Å². The molecule has 0 amide bonds. The highest BCUT2D eigenvalue weighted by atomic mass is 16.7. The van der Waals surface area contributed by atoms with E-state index >= 15 is 0 Å². The van der Waals surface area contributed by atoms with Crippen molar-refractivity contribution in [3.05, 3.63) is 34.9 Å². The van der Waals surface area contributed by atoms with Crippen LogP contribution < -0.4 is 4.74 Å². The summed E-state index contributed by atoms with van der Waals surface area (Å²) in [5.74, 6) is 0.410.